The highest BCUT2D eigenvalue weighted by atomic mass is 35.5. The number of halogens is 1. The quantitative estimate of drug-likeness (QED) is 0.910. The van der Waals surface area contributed by atoms with Crippen LogP contribution in [0.2, 0.25) is 5.02 Å². The number of nitrogens with one attached hydrogen (secondary N) is 1. The van der Waals surface area contributed by atoms with Gasteiger partial charge in [0.25, 0.3) is 0 Å². The zero-order valence-corrected chi connectivity index (χ0v) is 11.9. The van der Waals surface area contributed by atoms with Crippen LogP contribution in [0.5, 0.6) is 5.75 Å². The summed E-state index contributed by atoms with van der Waals surface area (Å²) in [5.74, 6) is 0.756. The van der Waals surface area contributed by atoms with E-state index in [9.17, 15) is 0 Å². The van der Waals surface area contributed by atoms with E-state index >= 15 is 0 Å². The molecule has 1 N–H and O–H groups in total. The molecule has 0 spiro atoms. The zero-order valence-electron chi connectivity index (χ0n) is 10.4. The van der Waals surface area contributed by atoms with Crippen molar-refractivity contribution in [2.45, 2.75) is 13.5 Å². The van der Waals surface area contributed by atoms with Gasteiger partial charge < -0.3 is 10.1 Å². The maximum atomic E-state index is 6.23. The second kappa shape index (κ2) is 6.18. The summed E-state index contributed by atoms with van der Waals surface area (Å²) >= 11 is 7.81. The molecule has 2 rings (SSSR count). The summed E-state index contributed by atoms with van der Waals surface area (Å²) in [6.07, 6.45) is 0. The summed E-state index contributed by atoms with van der Waals surface area (Å²) in [4.78, 5) is 4.58. The van der Waals surface area contributed by atoms with E-state index in [0.717, 1.165) is 35.1 Å². The third-order valence-corrected chi connectivity index (χ3v) is 3.74. The lowest BCUT2D eigenvalue weighted by Crippen LogP contribution is -2.11. The van der Waals surface area contributed by atoms with Crippen LogP contribution >= 0.6 is 22.9 Å². The average Bonchev–Trinajstić information content (AvgIpc) is 2.84. The number of benzene rings is 1. The molecule has 1 aromatic carbocycles. The molecule has 0 amide bonds. The first kappa shape index (κ1) is 13.3. The van der Waals surface area contributed by atoms with Crippen molar-refractivity contribution in [1.29, 1.82) is 0 Å². The molecule has 0 aliphatic rings. The first-order valence-electron chi connectivity index (χ1n) is 5.74. The van der Waals surface area contributed by atoms with E-state index in [1.54, 1.807) is 18.4 Å². The average molecular weight is 283 g/mol. The van der Waals surface area contributed by atoms with Crippen molar-refractivity contribution in [3.63, 3.8) is 0 Å². The van der Waals surface area contributed by atoms with Gasteiger partial charge in [-0.3, -0.25) is 0 Å². The normalized spacial score (nSPS) is 10.6. The van der Waals surface area contributed by atoms with Crippen LogP contribution in [0.1, 0.15) is 12.6 Å². The van der Waals surface area contributed by atoms with Crippen LogP contribution in [0.4, 0.5) is 0 Å². The summed E-state index contributed by atoms with van der Waals surface area (Å²) in [6.45, 7) is 3.78. The Bertz CT molecular complexity index is 527. The minimum absolute atomic E-state index is 0.665. The van der Waals surface area contributed by atoms with Crippen molar-refractivity contribution < 1.29 is 4.74 Å². The summed E-state index contributed by atoms with van der Waals surface area (Å²) in [5.41, 5.74) is 1.90. The summed E-state index contributed by atoms with van der Waals surface area (Å²) in [7, 11) is 1.64. The number of hydrogen-bond acceptors (Lipinski definition) is 4. The minimum Gasteiger partial charge on any atom is -0.496 e. The van der Waals surface area contributed by atoms with E-state index in [1.807, 2.05) is 23.6 Å². The Labute approximate surface area is 116 Å². The van der Waals surface area contributed by atoms with Crippen molar-refractivity contribution in [2.75, 3.05) is 13.7 Å². The van der Waals surface area contributed by atoms with E-state index in [4.69, 9.17) is 16.3 Å². The fraction of sp³-hybridized carbons (Fsp3) is 0.308. The molecule has 0 atom stereocenters. The lowest BCUT2D eigenvalue weighted by molar-refractivity contribution is 0.416. The van der Waals surface area contributed by atoms with Crippen LogP contribution in [0, 0.1) is 0 Å². The maximum absolute atomic E-state index is 6.23. The van der Waals surface area contributed by atoms with Gasteiger partial charge in [0.15, 0.2) is 0 Å². The highest BCUT2D eigenvalue weighted by molar-refractivity contribution is 7.13. The van der Waals surface area contributed by atoms with Gasteiger partial charge in [-0.05, 0) is 18.7 Å². The van der Waals surface area contributed by atoms with Crippen LogP contribution in [0.15, 0.2) is 23.6 Å². The van der Waals surface area contributed by atoms with E-state index < -0.39 is 0 Å². The number of hydrogen-bond donors (Lipinski definition) is 1. The van der Waals surface area contributed by atoms with Gasteiger partial charge in [-0.2, -0.15) is 0 Å². The van der Waals surface area contributed by atoms with Gasteiger partial charge in [-0.15, -0.1) is 11.3 Å². The van der Waals surface area contributed by atoms with Crippen molar-refractivity contribution in [3.8, 4) is 16.3 Å². The Hall–Kier alpha value is -1.10. The molecule has 5 heteroatoms. The molecule has 0 unspecified atom stereocenters. The largest absolute Gasteiger partial charge is 0.496 e. The zero-order chi connectivity index (χ0) is 13.0. The monoisotopic (exact) mass is 282 g/mol. The highest BCUT2D eigenvalue weighted by Gasteiger charge is 2.13. The van der Waals surface area contributed by atoms with E-state index in [1.165, 1.54) is 0 Å². The number of rotatable bonds is 5. The summed E-state index contributed by atoms with van der Waals surface area (Å²) in [6, 6.07) is 5.62. The molecule has 0 radical (unpaired) electrons. The topological polar surface area (TPSA) is 34.1 Å². The molecule has 0 saturated heterocycles. The maximum Gasteiger partial charge on any atom is 0.130 e. The van der Waals surface area contributed by atoms with E-state index in [0.29, 0.717) is 5.02 Å². The van der Waals surface area contributed by atoms with Crippen LogP contribution < -0.4 is 10.1 Å². The number of methoxy groups -OCH3 is 1. The van der Waals surface area contributed by atoms with Gasteiger partial charge in [0.1, 0.15) is 10.8 Å². The molecule has 1 aromatic heterocycles. The number of aromatic nitrogens is 1. The Balaban J connectivity index is 2.33. The molecule has 96 valence electrons. The van der Waals surface area contributed by atoms with Gasteiger partial charge in [0.2, 0.25) is 0 Å². The predicted molar refractivity (Wildman–Crippen MR) is 76.5 cm³/mol. The molecule has 2 aromatic rings. The van der Waals surface area contributed by atoms with Crippen LogP contribution in [0.3, 0.4) is 0 Å². The third kappa shape index (κ3) is 2.83. The SMILES string of the molecule is CCNCc1csc(-c2c(Cl)cccc2OC)n1. The Morgan fingerprint density at radius 3 is 3.00 bits per heavy atom. The molecule has 0 aliphatic carbocycles. The second-order valence-electron chi connectivity index (χ2n) is 3.74. The Kier molecular flexibility index (Phi) is 4.58. The second-order valence-corrected chi connectivity index (χ2v) is 5.01. The number of nitrogens with zero attached hydrogens (tertiary/aromatic N) is 1. The molecule has 3 nitrogen and oxygen atoms in total. The standard InChI is InChI=1S/C13H15ClN2OS/c1-3-15-7-9-8-18-13(16-9)12-10(14)5-4-6-11(12)17-2/h4-6,8,15H,3,7H2,1-2H3. The first-order chi connectivity index (χ1) is 8.76. The Morgan fingerprint density at radius 1 is 1.44 bits per heavy atom. The molecule has 0 fully saturated rings. The van der Waals surface area contributed by atoms with Crippen molar-refractivity contribution in [3.05, 3.63) is 34.3 Å². The number of thiazole rings is 1. The smallest absolute Gasteiger partial charge is 0.130 e. The first-order valence-corrected chi connectivity index (χ1v) is 7.00. The molecular weight excluding hydrogens is 268 g/mol. The van der Waals surface area contributed by atoms with Crippen LogP contribution in [-0.2, 0) is 6.54 Å². The summed E-state index contributed by atoms with van der Waals surface area (Å²) < 4.78 is 5.34. The fourth-order valence-electron chi connectivity index (χ4n) is 1.64. The molecular formula is C13H15ClN2OS. The molecule has 0 saturated carbocycles. The van der Waals surface area contributed by atoms with Crippen molar-refractivity contribution in [1.82, 2.24) is 10.3 Å². The van der Waals surface area contributed by atoms with Gasteiger partial charge in [-0.25, -0.2) is 4.98 Å². The van der Waals surface area contributed by atoms with Gasteiger partial charge in [0.05, 0.1) is 23.4 Å². The van der Waals surface area contributed by atoms with Crippen LogP contribution in [0.25, 0.3) is 10.6 Å². The predicted octanol–water partition coefficient (Wildman–Crippen LogP) is 3.58. The minimum atomic E-state index is 0.665. The van der Waals surface area contributed by atoms with Crippen LogP contribution in [-0.4, -0.2) is 18.6 Å². The lowest BCUT2D eigenvalue weighted by atomic mass is 10.2. The molecule has 0 aliphatic heterocycles. The molecule has 1 heterocycles. The lowest BCUT2D eigenvalue weighted by Gasteiger charge is -2.07. The molecule has 0 bridgehead atoms. The van der Waals surface area contributed by atoms with Gasteiger partial charge >= 0.3 is 0 Å². The van der Waals surface area contributed by atoms with Gasteiger partial charge in [0, 0.05) is 11.9 Å². The van der Waals surface area contributed by atoms with E-state index in [-0.39, 0.29) is 0 Å². The van der Waals surface area contributed by atoms with E-state index in [2.05, 4.69) is 17.2 Å². The van der Waals surface area contributed by atoms with Gasteiger partial charge in [-0.1, -0.05) is 24.6 Å². The fourth-order valence-corrected chi connectivity index (χ4v) is 2.83. The molecule has 18 heavy (non-hydrogen) atoms. The Morgan fingerprint density at radius 2 is 2.28 bits per heavy atom. The highest BCUT2D eigenvalue weighted by Crippen LogP contribution is 2.37. The van der Waals surface area contributed by atoms with Crippen molar-refractivity contribution in [2.24, 2.45) is 0 Å². The number of ether oxygens (including phenoxy) is 1. The van der Waals surface area contributed by atoms with Crippen molar-refractivity contribution >= 4 is 22.9 Å². The summed E-state index contributed by atoms with van der Waals surface area (Å²) in [5, 5.41) is 6.85. The third-order valence-electron chi connectivity index (χ3n) is 2.52.